The van der Waals surface area contributed by atoms with Crippen molar-refractivity contribution >= 4 is 5.82 Å². The van der Waals surface area contributed by atoms with Crippen LogP contribution in [-0.2, 0) is 4.74 Å². The smallest absolute Gasteiger partial charge is 0.215 e. The second kappa shape index (κ2) is 6.42. The average Bonchev–Trinajstić information content (AvgIpc) is 3.41. The fourth-order valence-corrected chi connectivity index (χ4v) is 3.37. The van der Waals surface area contributed by atoms with Crippen molar-refractivity contribution in [1.82, 2.24) is 9.88 Å². The molecule has 2 aliphatic heterocycles. The summed E-state index contributed by atoms with van der Waals surface area (Å²) in [7, 11) is 0. The largest absolute Gasteiger partial charge is 0.474 e. The minimum absolute atomic E-state index is 0.253. The zero-order valence-electron chi connectivity index (χ0n) is 13.1. The van der Waals surface area contributed by atoms with Gasteiger partial charge in [0.15, 0.2) is 0 Å². The van der Waals surface area contributed by atoms with Crippen LogP contribution in [0.1, 0.15) is 25.7 Å². The van der Waals surface area contributed by atoms with Crippen LogP contribution < -0.4 is 9.64 Å². The summed E-state index contributed by atoms with van der Waals surface area (Å²) in [6, 6.07) is 7.01. The lowest BCUT2D eigenvalue weighted by Crippen LogP contribution is -2.47. The molecule has 4 rings (SSSR count). The molecule has 22 heavy (non-hydrogen) atoms. The number of ether oxygens (including phenoxy) is 2. The summed E-state index contributed by atoms with van der Waals surface area (Å²) in [6.45, 7) is 6.07. The summed E-state index contributed by atoms with van der Waals surface area (Å²) in [5.41, 5.74) is 0. The van der Waals surface area contributed by atoms with Crippen molar-refractivity contribution in [3.8, 4) is 5.88 Å². The highest BCUT2D eigenvalue weighted by Crippen LogP contribution is 2.28. The number of pyridine rings is 1. The summed E-state index contributed by atoms with van der Waals surface area (Å²) in [4.78, 5) is 9.73. The normalized spacial score (nSPS) is 24.5. The van der Waals surface area contributed by atoms with Crippen molar-refractivity contribution in [2.24, 2.45) is 0 Å². The van der Waals surface area contributed by atoms with Gasteiger partial charge >= 0.3 is 0 Å². The van der Waals surface area contributed by atoms with Crippen LogP contribution in [0.5, 0.6) is 5.88 Å². The monoisotopic (exact) mass is 303 g/mol. The molecule has 3 fully saturated rings. The van der Waals surface area contributed by atoms with Crippen LogP contribution in [-0.4, -0.2) is 61.4 Å². The lowest BCUT2D eigenvalue weighted by Gasteiger charge is -2.35. The molecule has 0 atom stereocenters. The Balaban J connectivity index is 1.36. The minimum atomic E-state index is 0.253. The van der Waals surface area contributed by atoms with E-state index in [9.17, 15) is 0 Å². The molecule has 1 aliphatic carbocycles. The second-order valence-corrected chi connectivity index (χ2v) is 6.52. The van der Waals surface area contributed by atoms with Gasteiger partial charge in [0.1, 0.15) is 11.9 Å². The van der Waals surface area contributed by atoms with Crippen molar-refractivity contribution in [3.63, 3.8) is 0 Å². The van der Waals surface area contributed by atoms with Crippen LogP contribution in [0.4, 0.5) is 5.82 Å². The van der Waals surface area contributed by atoms with Crippen molar-refractivity contribution < 1.29 is 9.47 Å². The summed E-state index contributed by atoms with van der Waals surface area (Å²) in [5, 5.41) is 0. The number of rotatable bonds is 4. The molecule has 3 aliphatic rings. The Morgan fingerprint density at radius 2 is 1.77 bits per heavy atom. The highest BCUT2D eigenvalue weighted by molar-refractivity contribution is 5.41. The highest BCUT2D eigenvalue weighted by atomic mass is 16.5. The van der Waals surface area contributed by atoms with Crippen molar-refractivity contribution in [2.45, 2.75) is 37.8 Å². The van der Waals surface area contributed by atoms with Gasteiger partial charge in [-0.15, -0.1) is 0 Å². The molecule has 5 heteroatoms. The van der Waals surface area contributed by atoms with Crippen LogP contribution >= 0.6 is 0 Å². The first-order valence-corrected chi connectivity index (χ1v) is 8.59. The van der Waals surface area contributed by atoms with E-state index in [4.69, 9.17) is 14.5 Å². The van der Waals surface area contributed by atoms with E-state index in [2.05, 4.69) is 21.9 Å². The zero-order chi connectivity index (χ0) is 14.8. The summed E-state index contributed by atoms with van der Waals surface area (Å²) in [5.74, 6) is 1.81. The molecule has 1 aromatic heterocycles. The number of piperazine rings is 1. The Hall–Kier alpha value is -1.33. The maximum absolute atomic E-state index is 6.03. The van der Waals surface area contributed by atoms with E-state index in [1.54, 1.807) is 0 Å². The molecule has 0 aromatic carbocycles. The molecule has 3 heterocycles. The Morgan fingerprint density at radius 3 is 2.50 bits per heavy atom. The number of hydrogen-bond donors (Lipinski definition) is 0. The molecule has 0 amide bonds. The molecule has 0 bridgehead atoms. The Bertz CT molecular complexity index is 492. The maximum atomic E-state index is 6.03. The fraction of sp³-hybridized carbons (Fsp3) is 0.706. The molecule has 0 N–H and O–H groups in total. The number of anilines is 1. The average molecular weight is 303 g/mol. The van der Waals surface area contributed by atoms with E-state index in [0.717, 1.165) is 70.0 Å². The van der Waals surface area contributed by atoms with Gasteiger partial charge in [0.05, 0.1) is 13.2 Å². The predicted octanol–water partition coefficient (Wildman–Crippen LogP) is 1.92. The molecule has 0 spiro atoms. The SMILES string of the molecule is c1cc(OC2CCOCC2)nc(N2CCN(C3CC3)CC2)c1. The predicted molar refractivity (Wildman–Crippen MR) is 85.5 cm³/mol. The van der Waals surface area contributed by atoms with E-state index >= 15 is 0 Å². The molecule has 0 unspecified atom stereocenters. The lowest BCUT2D eigenvalue weighted by atomic mass is 10.1. The summed E-state index contributed by atoms with van der Waals surface area (Å²) >= 11 is 0. The minimum Gasteiger partial charge on any atom is -0.474 e. The third kappa shape index (κ3) is 3.36. The Kier molecular flexibility index (Phi) is 4.17. The molecular formula is C17H25N3O2. The van der Waals surface area contributed by atoms with E-state index in [1.165, 1.54) is 12.8 Å². The molecule has 1 aromatic rings. The van der Waals surface area contributed by atoms with Gasteiger partial charge in [0.2, 0.25) is 5.88 Å². The standard InChI is InChI=1S/C17H25N3O2/c1-2-16(20-10-8-19(9-11-20)14-4-5-14)18-17(3-1)22-15-6-12-21-13-7-15/h1-3,14-15H,4-13H2. The van der Waals surface area contributed by atoms with Gasteiger partial charge in [0, 0.05) is 51.1 Å². The van der Waals surface area contributed by atoms with Gasteiger partial charge < -0.3 is 14.4 Å². The van der Waals surface area contributed by atoms with E-state index in [1.807, 2.05) is 6.07 Å². The summed E-state index contributed by atoms with van der Waals surface area (Å²) in [6.07, 6.45) is 4.97. The van der Waals surface area contributed by atoms with E-state index in [-0.39, 0.29) is 6.10 Å². The fourth-order valence-electron chi connectivity index (χ4n) is 3.37. The molecule has 120 valence electrons. The molecule has 1 saturated carbocycles. The van der Waals surface area contributed by atoms with Gasteiger partial charge in [-0.3, -0.25) is 4.90 Å². The Morgan fingerprint density at radius 1 is 1.00 bits per heavy atom. The van der Waals surface area contributed by atoms with Crippen LogP contribution in [0.2, 0.25) is 0 Å². The summed E-state index contributed by atoms with van der Waals surface area (Å²) < 4.78 is 11.4. The zero-order valence-corrected chi connectivity index (χ0v) is 13.1. The van der Waals surface area contributed by atoms with Crippen LogP contribution in [0, 0.1) is 0 Å². The highest BCUT2D eigenvalue weighted by Gasteiger charge is 2.31. The quantitative estimate of drug-likeness (QED) is 0.849. The van der Waals surface area contributed by atoms with E-state index < -0.39 is 0 Å². The Labute approximate surface area is 132 Å². The van der Waals surface area contributed by atoms with Gasteiger partial charge in [-0.1, -0.05) is 6.07 Å². The molecular weight excluding hydrogens is 278 g/mol. The molecule has 0 radical (unpaired) electrons. The maximum Gasteiger partial charge on any atom is 0.215 e. The lowest BCUT2D eigenvalue weighted by molar-refractivity contribution is 0.0238. The van der Waals surface area contributed by atoms with Crippen LogP contribution in [0.15, 0.2) is 18.2 Å². The van der Waals surface area contributed by atoms with Crippen LogP contribution in [0.3, 0.4) is 0 Å². The molecule has 2 saturated heterocycles. The van der Waals surface area contributed by atoms with Crippen molar-refractivity contribution in [2.75, 3.05) is 44.3 Å². The van der Waals surface area contributed by atoms with Gasteiger partial charge in [0.25, 0.3) is 0 Å². The van der Waals surface area contributed by atoms with Gasteiger partial charge in [-0.25, -0.2) is 0 Å². The first-order chi connectivity index (χ1) is 10.9. The van der Waals surface area contributed by atoms with Crippen LogP contribution in [0.25, 0.3) is 0 Å². The van der Waals surface area contributed by atoms with Crippen molar-refractivity contribution in [3.05, 3.63) is 18.2 Å². The first kappa shape index (κ1) is 14.3. The number of aromatic nitrogens is 1. The topological polar surface area (TPSA) is 37.8 Å². The third-order valence-electron chi connectivity index (χ3n) is 4.87. The number of hydrogen-bond acceptors (Lipinski definition) is 5. The van der Waals surface area contributed by atoms with Gasteiger partial charge in [-0.2, -0.15) is 4.98 Å². The van der Waals surface area contributed by atoms with E-state index in [0.29, 0.717) is 0 Å². The third-order valence-corrected chi connectivity index (χ3v) is 4.87. The first-order valence-electron chi connectivity index (χ1n) is 8.59. The van der Waals surface area contributed by atoms with Gasteiger partial charge in [-0.05, 0) is 18.9 Å². The number of nitrogens with zero attached hydrogens (tertiary/aromatic N) is 3. The second-order valence-electron chi connectivity index (χ2n) is 6.52. The molecule has 5 nitrogen and oxygen atoms in total. The van der Waals surface area contributed by atoms with Crippen molar-refractivity contribution in [1.29, 1.82) is 0 Å².